The van der Waals surface area contributed by atoms with Crippen LogP contribution in [0.1, 0.15) is 23.2 Å². The molecule has 1 aromatic carbocycles. The largest absolute Gasteiger partial charge is 0.338 e. The van der Waals surface area contributed by atoms with Crippen molar-refractivity contribution < 1.29 is 13.6 Å². The Morgan fingerprint density at radius 3 is 2.84 bits per heavy atom. The molecule has 1 heterocycles. The summed E-state index contributed by atoms with van der Waals surface area (Å²) in [6.07, 6.45) is 1.78. The van der Waals surface area contributed by atoms with Crippen LogP contribution in [0.4, 0.5) is 8.78 Å². The van der Waals surface area contributed by atoms with Gasteiger partial charge >= 0.3 is 0 Å². The number of carbonyl (C=O) groups excluding carboxylic acids is 1. The second kappa shape index (κ2) is 5.84. The lowest BCUT2D eigenvalue weighted by atomic mass is 9.97. The Balaban J connectivity index is 2.22. The lowest BCUT2D eigenvalue weighted by Gasteiger charge is -2.32. The average Bonchev–Trinajstić information content (AvgIpc) is 2.42. The minimum atomic E-state index is -0.800. The van der Waals surface area contributed by atoms with Gasteiger partial charge in [0.2, 0.25) is 0 Å². The number of nitrogens with zero attached hydrogens (tertiary/aromatic N) is 1. The third-order valence-electron chi connectivity index (χ3n) is 3.38. The molecular formula is C13H15ClF2N2O. The SMILES string of the molecule is NCC1CCCN(C(=O)c2cc(F)c(Cl)cc2F)C1. The summed E-state index contributed by atoms with van der Waals surface area (Å²) in [7, 11) is 0. The Kier molecular flexibility index (Phi) is 4.37. The van der Waals surface area contributed by atoms with Gasteiger partial charge in [0, 0.05) is 13.1 Å². The molecule has 2 rings (SSSR count). The van der Waals surface area contributed by atoms with Crippen LogP contribution >= 0.6 is 11.6 Å². The highest BCUT2D eigenvalue weighted by Crippen LogP contribution is 2.23. The number of hydrogen-bond acceptors (Lipinski definition) is 2. The number of nitrogens with two attached hydrogens (primary N) is 1. The first kappa shape index (κ1) is 14.2. The van der Waals surface area contributed by atoms with E-state index in [9.17, 15) is 13.6 Å². The molecule has 2 N–H and O–H groups in total. The Hall–Kier alpha value is -1.20. The number of piperidine rings is 1. The van der Waals surface area contributed by atoms with Crippen LogP contribution in [-0.2, 0) is 0 Å². The molecule has 1 aromatic rings. The third-order valence-corrected chi connectivity index (χ3v) is 3.67. The van der Waals surface area contributed by atoms with Gasteiger partial charge in [-0.25, -0.2) is 8.78 Å². The van der Waals surface area contributed by atoms with Gasteiger partial charge in [-0.2, -0.15) is 0 Å². The highest BCUT2D eigenvalue weighted by atomic mass is 35.5. The summed E-state index contributed by atoms with van der Waals surface area (Å²) in [5, 5.41) is -0.326. The zero-order chi connectivity index (χ0) is 14.0. The number of rotatable bonds is 2. The molecule has 104 valence electrons. The van der Waals surface area contributed by atoms with Gasteiger partial charge in [0.15, 0.2) is 0 Å². The smallest absolute Gasteiger partial charge is 0.256 e. The molecule has 0 aliphatic carbocycles. The average molecular weight is 289 g/mol. The molecule has 0 saturated carbocycles. The van der Waals surface area contributed by atoms with Crippen molar-refractivity contribution in [3.8, 4) is 0 Å². The van der Waals surface area contributed by atoms with Crippen molar-refractivity contribution in [1.29, 1.82) is 0 Å². The predicted octanol–water partition coefficient (Wildman–Crippen LogP) is 2.43. The van der Waals surface area contributed by atoms with Gasteiger partial charge in [-0.3, -0.25) is 4.79 Å². The lowest BCUT2D eigenvalue weighted by Crippen LogP contribution is -2.42. The summed E-state index contributed by atoms with van der Waals surface area (Å²) < 4.78 is 27.0. The van der Waals surface area contributed by atoms with Crippen LogP contribution < -0.4 is 5.73 Å². The molecule has 19 heavy (non-hydrogen) atoms. The van der Waals surface area contributed by atoms with Crippen LogP contribution in [0.5, 0.6) is 0 Å². The van der Waals surface area contributed by atoms with Crippen LogP contribution in [0.25, 0.3) is 0 Å². The number of amides is 1. The molecule has 1 fully saturated rings. The summed E-state index contributed by atoms with van der Waals surface area (Å²) in [4.78, 5) is 13.7. The summed E-state index contributed by atoms with van der Waals surface area (Å²) in [5.41, 5.74) is 5.31. The first-order valence-electron chi connectivity index (χ1n) is 6.16. The standard InChI is InChI=1S/C13H15ClF2N2O/c14-10-5-11(15)9(4-12(10)16)13(19)18-3-1-2-8(6-17)7-18/h4-5,8H,1-3,6-7,17H2. The van der Waals surface area contributed by atoms with Gasteiger partial charge < -0.3 is 10.6 Å². The Bertz CT molecular complexity index is 496. The van der Waals surface area contributed by atoms with E-state index >= 15 is 0 Å². The Morgan fingerprint density at radius 1 is 1.42 bits per heavy atom. The summed E-state index contributed by atoms with van der Waals surface area (Å²) in [6.45, 7) is 1.51. The normalized spacial score (nSPS) is 19.6. The van der Waals surface area contributed by atoms with E-state index in [-0.39, 0.29) is 16.5 Å². The fourth-order valence-electron chi connectivity index (χ4n) is 2.30. The van der Waals surface area contributed by atoms with Crippen LogP contribution in [0, 0.1) is 17.6 Å². The second-order valence-electron chi connectivity index (χ2n) is 4.74. The molecule has 0 bridgehead atoms. The molecule has 0 spiro atoms. The molecule has 1 saturated heterocycles. The van der Waals surface area contributed by atoms with E-state index in [2.05, 4.69) is 0 Å². The van der Waals surface area contributed by atoms with Gasteiger partial charge in [0.05, 0.1) is 10.6 Å². The zero-order valence-corrected chi connectivity index (χ0v) is 11.1. The summed E-state index contributed by atoms with van der Waals surface area (Å²) >= 11 is 5.47. The van der Waals surface area contributed by atoms with E-state index in [1.807, 2.05) is 0 Å². The van der Waals surface area contributed by atoms with Crippen molar-refractivity contribution in [2.45, 2.75) is 12.8 Å². The fraction of sp³-hybridized carbons (Fsp3) is 0.462. The maximum absolute atomic E-state index is 13.7. The molecule has 3 nitrogen and oxygen atoms in total. The van der Waals surface area contributed by atoms with Gasteiger partial charge in [-0.1, -0.05) is 11.6 Å². The van der Waals surface area contributed by atoms with Crippen LogP contribution in [0.3, 0.4) is 0 Å². The van der Waals surface area contributed by atoms with Gasteiger partial charge in [-0.05, 0) is 37.4 Å². The second-order valence-corrected chi connectivity index (χ2v) is 5.15. The first-order chi connectivity index (χ1) is 9.02. The minimum Gasteiger partial charge on any atom is -0.338 e. The monoisotopic (exact) mass is 288 g/mol. The maximum atomic E-state index is 13.7. The lowest BCUT2D eigenvalue weighted by molar-refractivity contribution is 0.0673. The maximum Gasteiger partial charge on any atom is 0.256 e. The molecule has 0 aromatic heterocycles. The number of carbonyl (C=O) groups is 1. The highest BCUT2D eigenvalue weighted by molar-refractivity contribution is 6.30. The van der Waals surface area contributed by atoms with Crippen molar-refractivity contribution in [3.05, 3.63) is 34.4 Å². The highest BCUT2D eigenvalue weighted by Gasteiger charge is 2.26. The van der Waals surface area contributed by atoms with Crippen molar-refractivity contribution in [3.63, 3.8) is 0 Å². The molecule has 1 aliphatic heterocycles. The minimum absolute atomic E-state index is 0.220. The molecular weight excluding hydrogens is 274 g/mol. The number of benzene rings is 1. The van der Waals surface area contributed by atoms with E-state index in [0.29, 0.717) is 19.6 Å². The number of likely N-dealkylation sites (tertiary alicyclic amines) is 1. The van der Waals surface area contributed by atoms with Crippen LogP contribution in [0.15, 0.2) is 12.1 Å². The molecule has 6 heteroatoms. The van der Waals surface area contributed by atoms with Crippen molar-refractivity contribution in [1.82, 2.24) is 4.90 Å². The first-order valence-corrected chi connectivity index (χ1v) is 6.54. The zero-order valence-electron chi connectivity index (χ0n) is 10.3. The van der Waals surface area contributed by atoms with E-state index in [1.165, 1.54) is 4.90 Å². The fourth-order valence-corrected chi connectivity index (χ4v) is 2.45. The van der Waals surface area contributed by atoms with E-state index in [4.69, 9.17) is 17.3 Å². The van der Waals surface area contributed by atoms with Crippen molar-refractivity contribution >= 4 is 17.5 Å². The summed E-state index contributed by atoms with van der Waals surface area (Å²) in [5.74, 6) is -1.88. The van der Waals surface area contributed by atoms with E-state index in [0.717, 1.165) is 25.0 Å². The van der Waals surface area contributed by atoms with Gasteiger partial charge in [-0.15, -0.1) is 0 Å². The van der Waals surface area contributed by atoms with E-state index in [1.54, 1.807) is 0 Å². The molecule has 1 aliphatic rings. The molecule has 0 radical (unpaired) electrons. The van der Waals surface area contributed by atoms with E-state index < -0.39 is 17.5 Å². The van der Waals surface area contributed by atoms with Gasteiger partial charge in [0.1, 0.15) is 11.6 Å². The molecule has 1 amide bonds. The van der Waals surface area contributed by atoms with Crippen LogP contribution in [-0.4, -0.2) is 30.4 Å². The number of halogens is 3. The molecule has 1 atom stereocenters. The van der Waals surface area contributed by atoms with Crippen LogP contribution in [0.2, 0.25) is 5.02 Å². The quantitative estimate of drug-likeness (QED) is 0.850. The topological polar surface area (TPSA) is 46.3 Å². The Morgan fingerprint density at radius 2 is 2.16 bits per heavy atom. The van der Waals surface area contributed by atoms with Crippen molar-refractivity contribution in [2.24, 2.45) is 11.7 Å². The van der Waals surface area contributed by atoms with Gasteiger partial charge in [0.25, 0.3) is 5.91 Å². The molecule has 1 unspecified atom stereocenters. The Labute approximate surface area is 115 Å². The number of hydrogen-bond donors (Lipinski definition) is 1. The predicted molar refractivity (Wildman–Crippen MR) is 69.0 cm³/mol. The summed E-state index contributed by atoms with van der Waals surface area (Å²) in [6, 6.07) is 1.68. The third kappa shape index (κ3) is 3.04. The van der Waals surface area contributed by atoms with Crippen molar-refractivity contribution in [2.75, 3.05) is 19.6 Å².